The summed E-state index contributed by atoms with van der Waals surface area (Å²) in [7, 11) is 0. The number of carbonyl (C=O) groups excluding carboxylic acids is 1. The summed E-state index contributed by atoms with van der Waals surface area (Å²) < 4.78 is 11.5. The summed E-state index contributed by atoms with van der Waals surface area (Å²) in [5.74, 6) is 1.46. The number of aromatic nitrogens is 1. The number of ether oxygens (including phenoxy) is 2. The zero-order valence-electron chi connectivity index (χ0n) is 15.2. The smallest absolute Gasteiger partial charge is 0.314 e. The number of amides is 2. The van der Waals surface area contributed by atoms with Crippen LogP contribution in [0.15, 0.2) is 48.7 Å². The van der Waals surface area contributed by atoms with E-state index in [-0.39, 0.29) is 12.1 Å². The molecule has 1 unspecified atom stereocenters. The first-order chi connectivity index (χ1) is 13.2. The molecule has 1 aromatic heterocycles. The third kappa shape index (κ3) is 4.00. The SMILES string of the molecule is Cc1ccc2c(CCNC(=O)NCC3COc4ccccc4O3)c[nH]c2c1. The fourth-order valence-electron chi connectivity index (χ4n) is 3.25. The average Bonchev–Trinajstić information content (AvgIpc) is 3.08. The number of urea groups is 1. The topological polar surface area (TPSA) is 75.4 Å². The molecule has 0 saturated heterocycles. The second-order valence-electron chi connectivity index (χ2n) is 6.75. The fourth-order valence-corrected chi connectivity index (χ4v) is 3.25. The van der Waals surface area contributed by atoms with Gasteiger partial charge in [0.2, 0.25) is 0 Å². The first kappa shape index (κ1) is 17.3. The van der Waals surface area contributed by atoms with E-state index >= 15 is 0 Å². The van der Waals surface area contributed by atoms with Crippen LogP contribution >= 0.6 is 0 Å². The number of hydrogen-bond acceptors (Lipinski definition) is 3. The lowest BCUT2D eigenvalue weighted by Gasteiger charge is -2.26. The number of hydrogen-bond donors (Lipinski definition) is 3. The second-order valence-corrected chi connectivity index (χ2v) is 6.75. The Morgan fingerprint density at radius 1 is 1.19 bits per heavy atom. The Labute approximate surface area is 157 Å². The molecule has 1 atom stereocenters. The van der Waals surface area contributed by atoms with Gasteiger partial charge in [-0.3, -0.25) is 0 Å². The van der Waals surface area contributed by atoms with Crippen molar-refractivity contribution < 1.29 is 14.3 Å². The van der Waals surface area contributed by atoms with Gasteiger partial charge in [0.15, 0.2) is 17.6 Å². The molecule has 3 N–H and O–H groups in total. The lowest BCUT2D eigenvalue weighted by molar-refractivity contribution is 0.0918. The number of H-pyrrole nitrogens is 1. The normalized spacial score (nSPS) is 15.5. The minimum absolute atomic E-state index is 0.192. The van der Waals surface area contributed by atoms with Crippen molar-refractivity contribution in [2.45, 2.75) is 19.4 Å². The molecular weight excluding hydrogens is 342 g/mol. The van der Waals surface area contributed by atoms with E-state index in [9.17, 15) is 4.79 Å². The number of carbonyl (C=O) groups is 1. The maximum Gasteiger partial charge on any atom is 0.314 e. The lowest BCUT2D eigenvalue weighted by Crippen LogP contribution is -2.44. The largest absolute Gasteiger partial charge is 0.486 e. The Kier molecular flexibility index (Phi) is 4.87. The van der Waals surface area contributed by atoms with Crippen molar-refractivity contribution >= 4 is 16.9 Å². The van der Waals surface area contributed by atoms with Crippen LogP contribution in [0.3, 0.4) is 0 Å². The molecule has 2 aromatic carbocycles. The molecule has 2 amide bonds. The number of nitrogens with one attached hydrogen (secondary N) is 3. The number of fused-ring (bicyclic) bond motifs is 2. The molecule has 6 heteroatoms. The van der Waals surface area contributed by atoms with Crippen molar-refractivity contribution in [3.8, 4) is 11.5 Å². The van der Waals surface area contributed by atoms with Crippen molar-refractivity contribution in [2.75, 3.05) is 19.7 Å². The van der Waals surface area contributed by atoms with Crippen LogP contribution in [0.25, 0.3) is 10.9 Å². The molecule has 0 bridgehead atoms. The monoisotopic (exact) mass is 365 g/mol. The van der Waals surface area contributed by atoms with Gasteiger partial charge in [0.25, 0.3) is 0 Å². The van der Waals surface area contributed by atoms with Crippen molar-refractivity contribution in [1.29, 1.82) is 0 Å². The summed E-state index contributed by atoms with van der Waals surface area (Å²) in [4.78, 5) is 15.3. The van der Waals surface area contributed by atoms with E-state index in [2.05, 4.69) is 40.7 Å². The van der Waals surface area contributed by atoms with E-state index in [1.165, 1.54) is 16.5 Å². The van der Waals surface area contributed by atoms with Crippen LogP contribution in [0.4, 0.5) is 4.79 Å². The summed E-state index contributed by atoms with van der Waals surface area (Å²) in [5.41, 5.74) is 3.56. The van der Waals surface area contributed by atoms with Crippen molar-refractivity contribution in [1.82, 2.24) is 15.6 Å². The van der Waals surface area contributed by atoms with Crippen molar-refractivity contribution in [3.63, 3.8) is 0 Å². The molecule has 1 aliphatic heterocycles. The highest BCUT2D eigenvalue weighted by Gasteiger charge is 2.20. The highest BCUT2D eigenvalue weighted by Crippen LogP contribution is 2.30. The summed E-state index contributed by atoms with van der Waals surface area (Å²) in [6, 6.07) is 13.7. The first-order valence-corrected chi connectivity index (χ1v) is 9.16. The van der Waals surface area contributed by atoms with E-state index in [0.717, 1.165) is 17.7 Å². The summed E-state index contributed by atoms with van der Waals surface area (Å²) in [6.45, 7) is 3.46. The van der Waals surface area contributed by atoms with Gasteiger partial charge in [-0.25, -0.2) is 4.79 Å². The Hall–Kier alpha value is -3.15. The highest BCUT2D eigenvalue weighted by molar-refractivity contribution is 5.83. The highest BCUT2D eigenvalue weighted by atomic mass is 16.6. The van der Waals surface area contributed by atoms with Gasteiger partial charge in [-0.05, 0) is 42.7 Å². The molecule has 0 radical (unpaired) electrons. The van der Waals surface area contributed by atoms with Gasteiger partial charge in [-0.2, -0.15) is 0 Å². The fraction of sp³-hybridized carbons (Fsp3) is 0.286. The molecule has 2 heterocycles. The van der Waals surface area contributed by atoms with Gasteiger partial charge in [0, 0.05) is 23.6 Å². The molecule has 0 aliphatic carbocycles. The zero-order valence-corrected chi connectivity index (χ0v) is 15.2. The third-order valence-corrected chi connectivity index (χ3v) is 4.66. The van der Waals surface area contributed by atoms with Gasteiger partial charge in [-0.15, -0.1) is 0 Å². The Morgan fingerprint density at radius 2 is 2.04 bits per heavy atom. The van der Waals surface area contributed by atoms with Crippen LogP contribution in [-0.2, 0) is 6.42 Å². The number of rotatable bonds is 5. The second kappa shape index (κ2) is 7.61. The Morgan fingerprint density at radius 3 is 2.93 bits per heavy atom. The molecule has 0 spiro atoms. The van der Waals surface area contributed by atoms with E-state index < -0.39 is 0 Å². The summed E-state index contributed by atoms with van der Waals surface area (Å²) in [6.07, 6.45) is 2.59. The van der Waals surface area contributed by atoms with E-state index in [1.807, 2.05) is 30.5 Å². The number of benzene rings is 2. The molecule has 3 aromatic rings. The molecular formula is C21H23N3O3. The lowest BCUT2D eigenvalue weighted by atomic mass is 10.1. The predicted octanol–water partition coefficient (Wildman–Crippen LogP) is 3.16. The molecule has 140 valence electrons. The Balaban J connectivity index is 1.22. The van der Waals surface area contributed by atoms with Gasteiger partial charge in [0.1, 0.15) is 6.61 Å². The molecule has 6 nitrogen and oxygen atoms in total. The van der Waals surface area contributed by atoms with E-state index in [1.54, 1.807) is 0 Å². The number of aromatic amines is 1. The van der Waals surface area contributed by atoms with Crippen LogP contribution in [0, 0.1) is 6.92 Å². The zero-order chi connectivity index (χ0) is 18.6. The maximum absolute atomic E-state index is 12.0. The Bertz CT molecular complexity index is 951. The van der Waals surface area contributed by atoms with Crippen LogP contribution < -0.4 is 20.1 Å². The van der Waals surface area contributed by atoms with E-state index in [4.69, 9.17) is 9.47 Å². The number of para-hydroxylation sites is 2. The van der Waals surface area contributed by atoms with Crippen molar-refractivity contribution in [3.05, 3.63) is 59.8 Å². The van der Waals surface area contributed by atoms with Crippen LogP contribution in [0.5, 0.6) is 11.5 Å². The number of aryl methyl sites for hydroxylation is 1. The van der Waals surface area contributed by atoms with Gasteiger partial charge in [0.05, 0.1) is 6.54 Å². The third-order valence-electron chi connectivity index (χ3n) is 4.66. The minimum Gasteiger partial charge on any atom is -0.486 e. The van der Waals surface area contributed by atoms with Gasteiger partial charge >= 0.3 is 6.03 Å². The molecule has 27 heavy (non-hydrogen) atoms. The minimum atomic E-state index is -0.201. The van der Waals surface area contributed by atoms with Gasteiger partial charge < -0.3 is 25.1 Å². The average molecular weight is 365 g/mol. The molecule has 4 rings (SSSR count). The van der Waals surface area contributed by atoms with Crippen LogP contribution in [0.2, 0.25) is 0 Å². The first-order valence-electron chi connectivity index (χ1n) is 9.16. The molecule has 0 saturated carbocycles. The standard InChI is InChI=1S/C21H23N3O3/c1-14-6-7-17-15(11-23-18(17)10-14)8-9-22-21(25)24-12-16-13-26-19-4-2-3-5-20(19)27-16/h2-7,10-11,16,23H,8-9,12-13H2,1H3,(H2,22,24,25). The quantitative estimate of drug-likeness (QED) is 0.650. The molecule has 1 aliphatic rings. The predicted molar refractivity (Wildman–Crippen MR) is 104 cm³/mol. The van der Waals surface area contributed by atoms with E-state index in [0.29, 0.717) is 25.4 Å². The van der Waals surface area contributed by atoms with Crippen LogP contribution in [0.1, 0.15) is 11.1 Å². The van der Waals surface area contributed by atoms with Gasteiger partial charge in [-0.1, -0.05) is 24.3 Å². The maximum atomic E-state index is 12.0. The van der Waals surface area contributed by atoms with Crippen molar-refractivity contribution in [2.24, 2.45) is 0 Å². The summed E-state index contributed by atoms with van der Waals surface area (Å²) in [5, 5.41) is 6.94. The van der Waals surface area contributed by atoms with Crippen LogP contribution in [-0.4, -0.2) is 36.8 Å². The molecule has 0 fully saturated rings. The summed E-state index contributed by atoms with van der Waals surface area (Å²) >= 11 is 0.